The summed E-state index contributed by atoms with van der Waals surface area (Å²) in [7, 11) is 0. The van der Waals surface area contributed by atoms with Gasteiger partial charge in [-0.2, -0.15) is 13.2 Å². The van der Waals surface area contributed by atoms with Gasteiger partial charge in [0.15, 0.2) is 0 Å². The molecule has 130 valence electrons. The van der Waals surface area contributed by atoms with Crippen LogP contribution in [0.2, 0.25) is 0 Å². The van der Waals surface area contributed by atoms with Crippen molar-refractivity contribution >= 4 is 16.6 Å². The predicted octanol–water partition coefficient (Wildman–Crippen LogP) is 2.49. The predicted molar refractivity (Wildman–Crippen MR) is 85.5 cm³/mol. The number of hydrogen-bond donors (Lipinski definition) is 1. The van der Waals surface area contributed by atoms with Gasteiger partial charge in [0.25, 0.3) is 5.56 Å². The number of fused-ring (bicyclic) bond motifs is 1. The fourth-order valence-electron chi connectivity index (χ4n) is 3.19. The Morgan fingerprint density at radius 3 is 2.46 bits per heavy atom. The summed E-state index contributed by atoms with van der Waals surface area (Å²) in [6, 6.07) is 5.00. The lowest BCUT2D eigenvalue weighted by Crippen LogP contribution is -2.39. The highest BCUT2D eigenvalue weighted by molar-refractivity contribution is 5.81. The smallest absolute Gasteiger partial charge is 0.371 e. The Balaban J connectivity index is 1.92. The van der Waals surface area contributed by atoms with Gasteiger partial charge in [0.2, 0.25) is 0 Å². The van der Waals surface area contributed by atoms with Crippen LogP contribution >= 0.6 is 0 Å². The lowest BCUT2D eigenvalue weighted by Gasteiger charge is -2.34. The molecule has 0 unspecified atom stereocenters. The van der Waals surface area contributed by atoms with E-state index in [1.54, 1.807) is 25.1 Å². The molecule has 1 saturated heterocycles. The van der Waals surface area contributed by atoms with Gasteiger partial charge in [0, 0.05) is 25.3 Å². The van der Waals surface area contributed by atoms with E-state index >= 15 is 0 Å². The Bertz CT molecular complexity index is 861. The Morgan fingerprint density at radius 1 is 1.21 bits per heavy atom. The van der Waals surface area contributed by atoms with Gasteiger partial charge < -0.3 is 9.88 Å². The highest BCUT2D eigenvalue weighted by atomic mass is 19.4. The second-order valence-corrected chi connectivity index (χ2v) is 6.01. The van der Waals surface area contributed by atoms with E-state index in [1.165, 1.54) is 0 Å². The van der Waals surface area contributed by atoms with Crippen LogP contribution in [0.3, 0.4) is 0 Å². The number of piperidine rings is 1. The van der Waals surface area contributed by atoms with Gasteiger partial charge in [-0.05, 0) is 38.0 Å². The van der Waals surface area contributed by atoms with E-state index in [2.05, 4.69) is 4.98 Å². The number of nitrogens with one attached hydrogen (secondary N) is 1. The zero-order chi connectivity index (χ0) is 17.5. The second kappa shape index (κ2) is 5.99. The second-order valence-electron chi connectivity index (χ2n) is 6.01. The largest absolute Gasteiger partial charge is 0.391 e. The summed E-state index contributed by atoms with van der Waals surface area (Å²) >= 11 is 0. The molecule has 1 aliphatic heterocycles. The summed E-state index contributed by atoms with van der Waals surface area (Å²) in [6.45, 7) is 2.54. The first-order valence-corrected chi connectivity index (χ1v) is 7.90. The van der Waals surface area contributed by atoms with Crippen LogP contribution in [0.25, 0.3) is 10.9 Å². The summed E-state index contributed by atoms with van der Waals surface area (Å²) in [5.41, 5.74) is 0.288. The number of alkyl halides is 3. The molecule has 1 N–H and O–H groups in total. The Labute approximate surface area is 135 Å². The average molecular weight is 341 g/mol. The van der Waals surface area contributed by atoms with Crippen LogP contribution in [0.15, 0.2) is 27.8 Å². The fraction of sp³-hybridized carbons (Fsp3) is 0.500. The standard InChI is InChI=1S/C16H18F3N3O2/c1-2-22-14(23)12-9-11(3-4-13(12)20-15(22)24)21-7-5-10(6-8-21)16(17,18)19/h3-4,9-10H,2,5-8H2,1H3,(H,20,24). The third-order valence-corrected chi connectivity index (χ3v) is 4.60. The molecule has 0 atom stereocenters. The van der Waals surface area contributed by atoms with Crippen molar-refractivity contribution in [2.45, 2.75) is 32.5 Å². The Kier molecular flexibility index (Phi) is 4.15. The van der Waals surface area contributed by atoms with Gasteiger partial charge in [-0.15, -0.1) is 0 Å². The van der Waals surface area contributed by atoms with Crippen LogP contribution in [-0.4, -0.2) is 28.8 Å². The number of H-pyrrole nitrogens is 1. The summed E-state index contributed by atoms with van der Waals surface area (Å²) in [5, 5.41) is 0.367. The maximum Gasteiger partial charge on any atom is 0.391 e. The molecule has 0 aliphatic carbocycles. The molecule has 0 saturated carbocycles. The molecule has 0 spiro atoms. The molecule has 5 nitrogen and oxygen atoms in total. The number of nitrogens with zero attached hydrogens (tertiary/aromatic N) is 2. The van der Waals surface area contributed by atoms with Gasteiger partial charge in [-0.25, -0.2) is 4.79 Å². The van der Waals surface area contributed by atoms with Crippen LogP contribution in [0.4, 0.5) is 18.9 Å². The average Bonchev–Trinajstić information content (AvgIpc) is 2.54. The van der Waals surface area contributed by atoms with Gasteiger partial charge >= 0.3 is 11.9 Å². The molecule has 3 rings (SSSR count). The van der Waals surface area contributed by atoms with Crippen molar-refractivity contribution in [3.8, 4) is 0 Å². The summed E-state index contributed by atoms with van der Waals surface area (Å²) < 4.78 is 39.4. The van der Waals surface area contributed by atoms with Crippen LogP contribution < -0.4 is 16.1 Å². The summed E-state index contributed by atoms with van der Waals surface area (Å²) in [4.78, 5) is 28.7. The van der Waals surface area contributed by atoms with Gasteiger partial charge in [-0.1, -0.05) is 0 Å². The van der Waals surface area contributed by atoms with E-state index in [0.29, 0.717) is 29.7 Å². The van der Waals surface area contributed by atoms with E-state index < -0.39 is 17.8 Å². The third-order valence-electron chi connectivity index (χ3n) is 4.60. The first-order chi connectivity index (χ1) is 11.3. The van der Waals surface area contributed by atoms with Gasteiger partial charge in [0.1, 0.15) is 0 Å². The molecule has 0 amide bonds. The van der Waals surface area contributed by atoms with E-state index in [-0.39, 0.29) is 24.9 Å². The number of benzene rings is 1. The van der Waals surface area contributed by atoms with Crippen LogP contribution in [0.1, 0.15) is 19.8 Å². The van der Waals surface area contributed by atoms with Crippen LogP contribution in [0.5, 0.6) is 0 Å². The van der Waals surface area contributed by atoms with E-state index in [4.69, 9.17) is 0 Å². The van der Waals surface area contributed by atoms with E-state index in [0.717, 1.165) is 4.57 Å². The normalized spacial score (nSPS) is 16.8. The topological polar surface area (TPSA) is 58.1 Å². The molecule has 8 heteroatoms. The zero-order valence-electron chi connectivity index (χ0n) is 13.2. The summed E-state index contributed by atoms with van der Waals surface area (Å²) in [5.74, 6) is -1.26. The number of anilines is 1. The Morgan fingerprint density at radius 2 is 1.88 bits per heavy atom. The SMILES string of the molecule is CCn1c(=O)[nH]c2ccc(N3CCC(C(F)(F)F)CC3)cc2c1=O. The number of hydrogen-bond acceptors (Lipinski definition) is 3. The fourth-order valence-corrected chi connectivity index (χ4v) is 3.19. The number of rotatable bonds is 2. The Hall–Kier alpha value is -2.25. The van der Waals surface area contributed by atoms with Crippen molar-refractivity contribution in [1.29, 1.82) is 0 Å². The van der Waals surface area contributed by atoms with E-state index in [1.807, 2.05) is 4.90 Å². The quantitative estimate of drug-likeness (QED) is 0.913. The minimum absolute atomic E-state index is 0.0480. The first kappa shape index (κ1) is 16.6. The summed E-state index contributed by atoms with van der Waals surface area (Å²) in [6.07, 6.45) is -4.05. The van der Waals surface area contributed by atoms with E-state index in [9.17, 15) is 22.8 Å². The molecule has 0 bridgehead atoms. The molecule has 2 heterocycles. The van der Waals surface area contributed by atoms with Crippen LogP contribution in [0, 0.1) is 5.92 Å². The van der Waals surface area contributed by atoms with Crippen molar-refractivity contribution in [2.75, 3.05) is 18.0 Å². The monoisotopic (exact) mass is 341 g/mol. The van der Waals surface area contributed by atoms with Crippen molar-refractivity contribution < 1.29 is 13.2 Å². The number of aromatic nitrogens is 2. The minimum Gasteiger partial charge on any atom is -0.371 e. The first-order valence-electron chi connectivity index (χ1n) is 7.90. The minimum atomic E-state index is -4.15. The van der Waals surface area contributed by atoms with Crippen molar-refractivity contribution in [1.82, 2.24) is 9.55 Å². The maximum absolute atomic E-state index is 12.8. The molecule has 1 aliphatic rings. The molecule has 2 aromatic rings. The highest BCUT2D eigenvalue weighted by Crippen LogP contribution is 2.35. The number of aromatic amines is 1. The zero-order valence-corrected chi connectivity index (χ0v) is 13.2. The highest BCUT2D eigenvalue weighted by Gasteiger charge is 2.41. The molecule has 24 heavy (non-hydrogen) atoms. The third kappa shape index (κ3) is 2.92. The molecule has 1 fully saturated rings. The molecular formula is C16H18F3N3O2. The van der Waals surface area contributed by atoms with Crippen molar-refractivity contribution in [3.63, 3.8) is 0 Å². The maximum atomic E-state index is 12.8. The molecule has 0 radical (unpaired) electrons. The molecule has 1 aromatic carbocycles. The molecule has 1 aromatic heterocycles. The van der Waals surface area contributed by atoms with Crippen molar-refractivity contribution in [3.05, 3.63) is 39.0 Å². The van der Waals surface area contributed by atoms with Gasteiger partial charge in [-0.3, -0.25) is 9.36 Å². The van der Waals surface area contributed by atoms with Crippen molar-refractivity contribution in [2.24, 2.45) is 5.92 Å². The number of halogens is 3. The van der Waals surface area contributed by atoms with Gasteiger partial charge in [0.05, 0.1) is 16.8 Å². The van der Waals surface area contributed by atoms with Crippen LogP contribution in [-0.2, 0) is 6.54 Å². The molecular weight excluding hydrogens is 323 g/mol. The lowest BCUT2D eigenvalue weighted by atomic mass is 9.96. The lowest BCUT2D eigenvalue weighted by molar-refractivity contribution is -0.179.